The molecule has 0 aliphatic carbocycles. The minimum Gasteiger partial charge on any atom is -0.480 e. The van der Waals surface area contributed by atoms with Gasteiger partial charge in [-0.2, -0.15) is 0 Å². The van der Waals surface area contributed by atoms with Crippen LogP contribution in [0.1, 0.15) is 27.2 Å². The van der Waals surface area contributed by atoms with Crippen molar-refractivity contribution in [3.8, 4) is 0 Å². The zero-order chi connectivity index (χ0) is 13.1. The molecule has 0 radical (unpaired) electrons. The van der Waals surface area contributed by atoms with E-state index in [2.05, 4.69) is 5.32 Å². The highest BCUT2D eigenvalue weighted by molar-refractivity contribution is 5.81. The zero-order valence-electron chi connectivity index (χ0n) is 10.1. The molecule has 0 aliphatic heterocycles. The number of carbonyl (C=O) groups excluding carboxylic acids is 1. The number of amides is 1. The molecule has 0 spiro atoms. The first kappa shape index (κ1) is 17.3. The highest BCUT2D eigenvalue weighted by atomic mass is 16.4. The molecule has 5 N–H and O–H groups in total. The molecule has 0 aromatic carbocycles. The van der Waals surface area contributed by atoms with Crippen molar-refractivity contribution >= 4 is 11.9 Å². The van der Waals surface area contributed by atoms with Crippen molar-refractivity contribution in [1.82, 2.24) is 5.32 Å². The van der Waals surface area contributed by atoms with Gasteiger partial charge in [-0.1, -0.05) is 13.8 Å². The molecule has 6 heteroatoms. The SMILES string of the molecule is CC(=O)N[C@@H](CC(C)C)C(=O)O.NCCO. The molecular weight excluding hydrogens is 212 g/mol. The second-order valence-corrected chi connectivity index (χ2v) is 3.73. The molecule has 6 nitrogen and oxygen atoms in total. The van der Waals surface area contributed by atoms with E-state index in [1.807, 2.05) is 13.8 Å². The summed E-state index contributed by atoms with van der Waals surface area (Å²) in [7, 11) is 0. The van der Waals surface area contributed by atoms with Gasteiger partial charge < -0.3 is 21.3 Å². The predicted molar refractivity (Wildman–Crippen MR) is 60.8 cm³/mol. The van der Waals surface area contributed by atoms with Gasteiger partial charge in [0.15, 0.2) is 0 Å². The average Bonchev–Trinajstić information content (AvgIpc) is 2.15. The highest BCUT2D eigenvalue weighted by Gasteiger charge is 2.18. The number of nitrogens with two attached hydrogens (primary N) is 1. The van der Waals surface area contributed by atoms with E-state index in [9.17, 15) is 9.59 Å². The standard InChI is InChI=1S/C8H15NO3.C2H7NO/c1-5(2)4-7(8(11)12)9-6(3)10;3-1-2-4/h5,7H,4H2,1-3H3,(H,9,10)(H,11,12);4H,1-3H2/t7-;/m0./s1. The molecule has 1 atom stereocenters. The number of aliphatic hydroxyl groups excluding tert-OH is 1. The number of aliphatic carboxylic acids is 1. The Hall–Kier alpha value is -1.14. The molecule has 0 aliphatic rings. The maximum Gasteiger partial charge on any atom is 0.326 e. The van der Waals surface area contributed by atoms with E-state index in [0.29, 0.717) is 13.0 Å². The van der Waals surface area contributed by atoms with Gasteiger partial charge in [-0.25, -0.2) is 4.79 Å². The van der Waals surface area contributed by atoms with Gasteiger partial charge in [0.05, 0.1) is 6.61 Å². The monoisotopic (exact) mass is 234 g/mol. The fourth-order valence-electron chi connectivity index (χ4n) is 0.938. The summed E-state index contributed by atoms with van der Waals surface area (Å²) in [4.78, 5) is 21.1. The lowest BCUT2D eigenvalue weighted by Gasteiger charge is -2.14. The minimum atomic E-state index is -0.973. The summed E-state index contributed by atoms with van der Waals surface area (Å²) >= 11 is 0. The van der Waals surface area contributed by atoms with E-state index < -0.39 is 12.0 Å². The predicted octanol–water partition coefficient (Wildman–Crippen LogP) is -0.441. The van der Waals surface area contributed by atoms with Crippen LogP contribution in [0.4, 0.5) is 0 Å². The summed E-state index contributed by atoms with van der Waals surface area (Å²) in [6.45, 7) is 5.62. The van der Waals surface area contributed by atoms with Crippen LogP contribution in [0, 0.1) is 5.92 Å². The lowest BCUT2D eigenvalue weighted by atomic mass is 10.0. The number of carboxylic acid groups (broad SMARTS) is 1. The normalized spacial score (nSPS) is 11.4. The van der Waals surface area contributed by atoms with Crippen LogP contribution >= 0.6 is 0 Å². The van der Waals surface area contributed by atoms with Crippen LogP contribution in [0.15, 0.2) is 0 Å². The lowest BCUT2D eigenvalue weighted by molar-refractivity contribution is -0.142. The second kappa shape index (κ2) is 10.4. The molecule has 0 bridgehead atoms. The molecule has 0 heterocycles. The molecule has 0 fully saturated rings. The molecule has 0 aromatic rings. The van der Waals surface area contributed by atoms with Gasteiger partial charge in [0, 0.05) is 13.5 Å². The Morgan fingerprint density at radius 2 is 1.81 bits per heavy atom. The number of hydrogen-bond acceptors (Lipinski definition) is 4. The summed E-state index contributed by atoms with van der Waals surface area (Å²) in [6.07, 6.45) is 0.467. The Morgan fingerprint density at radius 1 is 1.38 bits per heavy atom. The molecule has 96 valence electrons. The maximum absolute atomic E-state index is 10.6. The average molecular weight is 234 g/mol. The number of aliphatic hydroxyl groups is 1. The summed E-state index contributed by atoms with van der Waals surface area (Å²) in [5, 5.41) is 18.8. The summed E-state index contributed by atoms with van der Waals surface area (Å²) in [5.74, 6) is -1.01. The third-order valence-electron chi connectivity index (χ3n) is 1.51. The van der Waals surface area contributed by atoms with E-state index in [4.69, 9.17) is 15.9 Å². The molecule has 0 saturated heterocycles. The number of rotatable bonds is 5. The van der Waals surface area contributed by atoms with Crippen LogP contribution in [-0.2, 0) is 9.59 Å². The van der Waals surface area contributed by atoms with Crippen LogP contribution in [-0.4, -0.2) is 41.3 Å². The van der Waals surface area contributed by atoms with Crippen molar-refractivity contribution in [3.05, 3.63) is 0 Å². The number of nitrogens with one attached hydrogen (secondary N) is 1. The quantitative estimate of drug-likeness (QED) is 0.515. The molecule has 16 heavy (non-hydrogen) atoms. The van der Waals surface area contributed by atoms with E-state index in [0.717, 1.165) is 0 Å². The summed E-state index contributed by atoms with van der Waals surface area (Å²) in [6, 6.07) is -0.748. The number of hydrogen-bond donors (Lipinski definition) is 4. The van der Waals surface area contributed by atoms with E-state index in [1.165, 1.54) is 6.92 Å². The second-order valence-electron chi connectivity index (χ2n) is 3.73. The maximum atomic E-state index is 10.6. The molecule has 0 saturated carbocycles. The van der Waals surface area contributed by atoms with Crippen molar-refractivity contribution in [2.24, 2.45) is 11.7 Å². The van der Waals surface area contributed by atoms with E-state index in [-0.39, 0.29) is 18.4 Å². The highest BCUT2D eigenvalue weighted by Crippen LogP contribution is 2.04. The number of carboxylic acids is 1. The van der Waals surface area contributed by atoms with Crippen molar-refractivity contribution in [3.63, 3.8) is 0 Å². The van der Waals surface area contributed by atoms with Crippen LogP contribution in [0.25, 0.3) is 0 Å². The Kier molecular flexibility index (Phi) is 11.2. The van der Waals surface area contributed by atoms with Crippen LogP contribution in [0.5, 0.6) is 0 Å². The van der Waals surface area contributed by atoms with Gasteiger partial charge in [0.25, 0.3) is 0 Å². The topological polar surface area (TPSA) is 113 Å². The van der Waals surface area contributed by atoms with Gasteiger partial charge in [-0.05, 0) is 12.3 Å². The first-order valence-electron chi connectivity index (χ1n) is 5.15. The minimum absolute atomic E-state index is 0.0972. The summed E-state index contributed by atoms with van der Waals surface area (Å²) in [5.41, 5.74) is 4.78. The largest absolute Gasteiger partial charge is 0.480 e. The van der Waals surface area contributed by atoms with Crippen molar-refractivity contribution in [1.29, 1.82) is 0 Å². The van der Waals surface area contributed by atoms with Crippen LogP contribution in [0.2, 0.25) is 0 Å². The van der Waals surface area contributed by atoms with E-state index >= 15 is 0 Å². The molecular formula is C10H22N2O4. The van der Waals surface area contributed by atoms with Crippen molar-refractivity contribution < 1.29 is 19.8 Å². The molecule has 0 unspecified atom stereocenters. The van der Waals surface area contributed by atoms with Crippen molar-refractivity contribution in [2.75, 3.05) is 13.2 Å². The van der Waals surface area contributed by atoms with Gasteiger partial charge in [-0.3, -0.25) is 4.79 Å². The third-order valence-corrected chi connectivity index (χ3v) is 1.51. The Labute approximate surface area is 95.8 Å². The number of carbonyl (C=O) groups is 2. The first-order chi connectivity index (χ1) is 7.34. The van der Waals surface area contributed by atoms with Crippen molar-refractivity contribution in [2.45, 2.75) is 33.2 Å². The smallest absolute Gasteiger partial charge is 0.326 e. The van der Waals surface area contributed by atoms with Crippen LogP contribution in [0.3, 0.4) is 0 Å². The molecule has 0 aromatic heterocycles. The van der Waals surface area contributed by atoms with Gasteiger partial charge in [-0.15, -0.1) is 0 Å². The Balaban J connectivity index is 0. The van der Waals surface area contributed by atoms with Gasteiger partial charge >= 0.3 is 5.97 Å². The fraction of sp³-hybridized carbons (Fsp3) is 0.800. The molecule has 0 rings (SSSR count). The van der Waals surface area contributed by atoms with Gasteiger partial charge in [0.2, 0.25) is 5.91 Å². The summed E-state index contributed by atoms with van der Waals surface area (Å²) < 4.78 is 0. The first-order valence-corrected chi connectivity index (χ1v) is 5.15. The van der Waals surface area contributed by atoms with Crippen LogP contribution < -0.4 is 11.1 Å². The third kappa shape index (κ3) is 12.9. The Bertz CT molecular complexity index is 205. The molecule has 1 amide bonds. The van der Waals surface area contributed by atoms with Gasteiger partial charge in [0.1, 0.15) is 6.04 Å². The fourth-order valence-corrected chi connectivity index (χ4v) is 0.938. The zero-order valence-corrected chi connectivity index (χ0v) is 10.1. The van der Waals surface area contributed by atoms with E-state index in [1.54, 1.807) is 0 Å². The Morgan fingerprint density at radius 3 is 2.00 bits per heavy atom. The lowest BCUT2D eigenvalue weighted by Crippen LogP contribution is -2.40.